The average Bonchev–Trinajstić information content (AvgIpc) is 2.22. The maximum absolute atomic E-state index is 13.7. The second-order valence-electron chi connectivity index (χ2n) is 6.31. The first-order chi connectivity index (χ1) is 10.2. The van der Waals surface area contributed by atoms with E-state index in [1.165, 1.54) is 20.8 Å². The Bertz CT molecular complexity index is 750. The summed E-state index contributed by atoms with van der Waals surface area (Å²) in [6.07, 6.45) is 0. The van der Waals surface area contributed by atoms with E-state index in [2.05, 4.69) is 0 Å². The predicted octanol–water partition coefficient (Wildman–Crippen LogP) is 0.905. The zero-order valence-corrected chi connectivity index (χ0v) is 14.7. The third-order valence-electron chi connectivity index (χ3n) is 3.34. The number of carbonyl (C=O) groups is 1. The van der Waals surface area contributed by atoms with Gasteiger partial charge >= 0.3 is 23.3 Å². The van der Waals surface area contributed by atoms with Gasteiger partial charge in [0, 0.05) is 0 Å². The Morgan fingerprint density at radius 2 is 1.57 bits per heavy atom. The number of ether oxygens (including phenoxy) is 1. The van der Waals surface area contributed by atoms with E-state index in [-0.39, 0.29) is 27.7 Å². The molecule has 0 fully saturated rings. The number of carbonyl (C=O) groups excluding carboxylic acids is 1. The van der Waals surface area contributed by atoms with Crippen LogP contribution in [0.25, 0.3) is 0 Å². The first-order valence-corrected chi connectivity index (χ1v) is 8.24. The van der Waals surface area contributed by atoms with Crippen LogP contribution in [0.1, 0.15) is 47.8 Å². The van der Waals surface area contributed by atoms with Gasteiger partial charge in [-0.2, -0.15) is 8.42 Å². The van der Waals surface area contributed by atoms with Crippen molar-refractivity contribution in [1.29, 1.82) is 0 Å². The molecule has 1 aromatic carbocycles. The molecule has 0 unspecified atom stereocenters. The Hall–Kier alpha value is -1.45. The molecule has 0 atom stereocenters. The summed E-state index contributed by atoms with van der Waals surface area (Å²) in [5.74, 6) is -0.862. The highest BCUT2D eigenvalue weighted by atomic mass is 32.3. The van der Waals surface area contributed by atoms with Crippen LogP contribution in [0.4, 0.5) is 3.89 Å². The summed E-state index contributed by atoms with van der Waals surface area (Å²) in [4.78, 5) is 11.6. The highest BCUT2D eigenvalue weighted by Gasteiger charge is 2.33. The van der Waals surface area contributed by atoms with Crippen molar-refractivity contribution in [2.24, 2.45) is 0 Å². The summed E-state index contributed by atoms with van der Waals surface area (Å²) < 4.78 is 41.7. The Labute approximate surface area is 135 Å². The van der Waals surface area contributed by atoms with Crippen LogP contribution in [0, 0.1) is 20.8 Å². The number of esters is 1. The van der Waals surface area contributed by atoms with Gasteiger partial charge < -0.3 is 14.8 Å². The highest BCUT2D eigenvalue weighted by Crippen LogP contribution is 2.28. The lowest BCUT2D eigenvalue weighted by atomic mass is 9.72. The zero-order valence-electron chi connectivity index (χ0n) is 13.9. The number of hydrogen-bond acceptors (Lipinski definition) is 6. The first-order valence-electron chi connectivity index (χ1n) is 6.86. The fourth-order valence-corrected chi connectivity index (χ4v) is 3.55. The quantitative estimate of drug-likeness (QED) is 0.479. The van der Waals surface area contributed by atoms with Crippen molar-refractivity contribution in [1.82, 2.24) is 0 Å². The van der Waals surface area contributed by atoms with Gasteiger partial charge in [0.1, 0.15) is 10.5 Å². The predicted molar refractivity (Wildman–Crippen MR) is 83.9 cm³/mol. The van der Waals surface area contributed by atoms with E-state index in [1.807, 2.05) is 0 Å². The number of halogens is 1. The minimum atomic E-state index is -5.17. The van der Waals surface area contributed by atoms with Crippen molar-refractivity contribution in [2.75, 3.05) is 0 Å². The van der Waals surface area contributed by atoms with Gasteiger partial charge in [0.2, 0.25) is 0 Å². The van der Waals surface area contributed by atoms with Crippen molar-refractivity contribution >= 4 is 28.8 Å². The summed E-state index contributed by atoms with van der Waals surface area (Å²) in [5, 5.41) is 19.0. The molecular weight excluding hydrogens is 326 g/mol. The molecule has 0 heterocycles. The van der Waals surface area contributed by atoms with Gasteiger partial charge in [-0.3, -0.25) is 0 Å². The van der Waals surface area contributed by atoms with Gasteiger partial charge in [0.05, 0.1) is 5.56 Å². The van der Waals surface area contributed by atoms with Gasteiger partial charge in [0.25, 0.3) is 0 Å². The summed E-state index contributed by atoms with van der Waals surface area (Å²) >= 11 is 0. The summed E-state index contributed by atoms with van der Waals surface area (Å²) in [6, 6.07) is 0. The van der Waals surface area contributed by atoms with Crippen LogP contribution in [0.3, 0.4) is 0 Å². The second kappa shape index (κ2) is 6.22. The molecule has 6 nitrogen and oxygen atoms in total. The minimum absolute atomic E-state index is 0.124. The summed E-state index contributed by atoms with van der Waals surface area (Å²) in [7, 11) is -7.22. The average molecular weight is 346 g/mol. The normalized spacial score (nSPS) is 12.2. The largest absolute Gasteiger partial charge is 0.489 e. The van der Waals surface area contributed by atoms with E-state index < -0.39 is 33.8 Å². The molecule has 0 saturated carbocycles. The van der Waals surface area contributed by atoms with E-state index in [1.54, 1.807) is 20.8 Å². The van der Waals surface area contributed by atoms with Crippen molar-refractivity contribution in [3.63, 3.8) is 0 Å². The number of rotatable bonds is 3. The fourth-order valence-electron chi connectivity index (χ4n) is 2.60. The molecule has 0 spiro atoms. The lowest BCUT2D eigenvalue weighted by Gasteiger charge is -2.23. The lowest BCUT2D eigenvalue weighted by Crippen LogP contribution is -2.38. The molecule has 0 bridgehead atoms. The molecule has 9 heteroatoms. The molecule has 0 aliphatic heterocycles. The third kappa shape index (κ3) is 4.10. The number of benzene rings is 1. The highest BCUT2D eigenvalue weighted by molar-refractivity contribution is 7.86. The summed E-state index contributed by atoms with van der Waals surface area (Å²) in [6.45, 7) is 8.82. The molecule has 0 amide bonds. The van der Waals surface area contributed by atoms with E-state index in [0.29, 0.717) is 0 Å². The van der Waals surface area contributed by atoms with Crippen molar-refractivity contribution < 1.29 is 31.9 Å². The molecule has 128 valence electrons. The molecule has 0 aliphatic rings. The van der Waals surface area contributed by atoms with E-state index >= 15 is 0 Å². The standard InChI is InChI=1S/C14H20BFO6S/c1-7-10(13(17)22-14(4,5)6)8(2)12(23(16,20)21)9(3)11(7)15(18)19/h18-19H,1-6H3. The second-order valence-corrected chi connectivity index (χ2v) is 7.59. The van der Waals surface area contributed by atoms with Crippen LogP contribution in [0.2, 0.25) is 0 Å². The topological polar surface area (TPSA) is 101 Å². The third-order valence-corrected chi connectivity index (χ3v) is 4.44. The fraction of sp³-hybridized carbons (Fsp3) is 0.500. The van der Waals surface area contributed by atoms with E-state index in [4.69, 9.17) is 4.74 Å². The van der Waals surface area contributed by atoms with Crippen molar-refractivity contribution in [3.05, 3.63) is 22.3 Å². The Morgan fingerprint density at radius 1 is 1.09 bits per heavy atom. The maximum Gasteiger partial charge on any atom is 0.489 e. The van der Waals surface area contributed by atoms with Gasteiger partial charge in [0.15, 0.2) is 0 Å². The van der Waals surface area contributed by atoms with Gasteiger partial charge in [-0.15, -0.1) is 3.89 Å². The smallest absolute Gasteiger partial charge is 0.456 e. The van der Waals surface area contributed by atoms with Crippen molar-refractivity contribution in [3.8, 4) is 0 Å². The molecular formula is C14H20BFO6S. The van der Waals surface area contributed by atoms with Crippen LogP contribution in [0.15, 0.2) is 4.90 Å². The SMILES string of the molecule is Cc1c(B(O)O)c(C)c(S(=O)(=O)F)c(C)c1C(=O)OC(C)(C)C. The minimum Gasteiger partial charge on any atom is -0.456 e. The molecule has 0 radical (unpaired) electrons. The molecule has 0 saturated heterocycles. The summed E-state index contributed by atoms with van der Waals surface area (Å²) in [5.41, 5.74) is -1.41. The van der Waals surface area contributed by atoms with Crippen LogP contribution in [-0.2, 0) is 15.0 Å². The Morgan fingerprint density at radius 3 is 1.91 bits per heavy atom. The molecule has 1 rings (SSSR count). The molecule has 23 heavy (non-hydrogen) atoms. The van der Waals surface area contributed by atoms with E-state index in [9.17, 15) is 27.1 Å². The van der Waals surface area contributed by atoms with Crippen LogP contribution >= 0.6 is 0 Å². The molecule has 0 aliphatic carbocycles. The molecule has 0 aromatic heterocycles. The van der Waals surface area contributed by atoms with Gasteiger partial charge in [-0.25, -0.2) is 4.79 Å². The molecule has 2 N–H and O–H groups in total. The lowest BCUT2D eigenvalue weighted by molar-refractivity contribution is 0.00678. The zero-order chi connectivity index (χ0) is 18.3. The van der Waals surface area contributed by atoms with E-state index in [0.717, 1.165) is 0 Å². The van der Waals surface area contributed by atoms with Crippen LogP contribution in [0.5, 0.6) is 0 Å². The van der Waals surface area contributed by atoms with Gasteiger partial charge in [-0.05, 0) is 63.7 Å². The van der Waals surface area contributed by atoms with Crippen LogP contribution < -0.4 is 5.46 Å². The monoisotopic (exact) mass is 346 g/mol. The van der Waals surface area contributed by atoms with Crippen LogP contribution in [-0.4, -0.2) is 37.2 Å². The van der Waals surface area contributed by atoms with Gasteiger partial charge in [-0.1, -0.05) is 0 Å². The Kier molecular flexibility index (Phi) is 5.30. The molecule has 1 aromatic rings. The van der Waals surface area contributed by atoms with Crippen molar-refractivity contribution in [2.45, 2.75) is 52.0 Å². The first kappa shape index (κ1) is 19.6. The number of hydrogen-bond donors (Lipinski definition) is 2. The maximum atomic E-state index is 13.7. The Balaban J connectivity index is 3.85.